The van der Waals surface area contributed by atoms with Crippen LogP contribution in [0.1, 0.15) is 20.7 Å². The third-order valence-electron chi connectivity index (χ3n) is 5.16. The molecule has 3 rings (SSSR count). The van der Waals surface area contributed by atoms with E-state index in [0.717, 1.165) is 23.8 Å². The van der Waals surface area contributed by atoms with Crippen LogP contribution < -0.4 is 9.80 Å². The summed E-state index contributed by atoms with van der Waals surface area (Å²) in [6, 6.07) is 19.5. The summed E-state index contributed by atoms with van der Waals surface area (Å²) in [5.74, 6) is -0.998. The van der Waals surface area contributed by atoms with Gasteiger partial charge >= 0.3 is 0 Å². The Morgan fingerprint density at radius 2 is 0.882 bits per heavy atom. The molecule has 0 N–H and O–H groups in total. The molecule has 0 aliphatic rings. The standard InChI is InChI=1S/C26H26N4O4/c1-27(2)21-9-13-23(14-10-21)29(33)17-25(31)19-5-7-20(8-6-19)26(32)18-30(34)24-15-11-22(12-16-24)28(3)4/h5-18H,1-4H3/b29-17-,30-18-. The minimum atomic E-state index is -0.499. The highest BCUT2D eigenvalue weighted by Gasteiger charge is 2.13. The lowest BCUT2D eigenvalue weighted by atomic mass is 10.1. The quantitative estimate of drug-likeness (QED) is 0.167. The molecule has 34 heavy (non-hydrogen) atoms. The van der Waals surface area contributed by atoms with Gasteiger partial charge < -0.3 is 20.2 Å². The summed E-state index contributed by atoms with van der Waals surface area (Å²) in [5.41, 5.74) is 3.02. The average Bonchev–Trinajstić information content (AvgIpc) is 2.84. The number of carbonyl (C=O) groups is 2. The maximum absolute atomic E-state index is 12.5. The molecule has 174 valence electrons. The minimum absolute atomic E-state index is 0.251. The number of Topliss-reactive ketones (excluding diaryl/α,β-unsaturated/α-hetero) is 2. The van der Waals surface area contributed by atoms with Gasteiger partial charge in [0, 0.05) is 75.0 Å². The van der Waals surface area contributed by atoms with Crippen molar-refractivity contribution >= 4 is 46.7 Å². The summed E-state index contributed by atoms with van der Waals surface area (Å²) < 4.78 is 1.01. The smallest absolute Gasteiger partial charge is 0.250 e. The Balaban J connectivity index is 1.70. The summed E-state index contributed by atoms with van der Waals surface area (Å²) in [5, 5.41) is 24.6. The molecule has 8 heteroatoms. The molecular formula is C26H26N4O4. The number of benzene rings is 3. The number of hydrogen-bond donors (Lipinski definition) is 0. The minimum Gasteiger partial charge on any atom is -0.618 e. The van der Waals surface area contributed by atoms with E-state index in [4.69, 9.17) is 0 Å². The van der Waals surface area contributed by atoms with Crippen LogP contribution in [-0.4, -0.2) is 61.7 Å². The molecule has 0 aliphatic heterocycles. The number of carbonyl (C=O) groups excluding carboxylic acids is 2. The fraction of sp³-hybridized carbons (Fsp3) is 0.154. The van der Waals surface area contributed by atoms with Crippen molar-refractivity contribution in [1.82, 2.24) is 0 Å². The van der Waals surface area contributed by atoms with Crippen LogP contribution in [0.2, 0.25) is 0 Å². The molecule has 0 heterocycles. The van der Waals surface area contributed by atoms with Crippen LogP contribution in [0.5, 0.6) is 0 Å². The van der Waals surface area contributed by atoms with Crippen LogP contribution in [0, 0.1) is 10.4 Å². The number of hydrogen-bond acceptors (Lipinski definition) is 6. The lowest BCUT2D eigenvalue weighted by Crippen LogP contribution is -2.12. The number of rotatable bonds is 8. The first kappa shape index (κ1) is 24.2. The molecule has 0 aliphatic carbocycles. The van der Waals surface area contributed by atoms with Gasteiger partial charge in [0.15, 0.2) is 0 Å². The predicted octanol–water partition coefficient (Wildman–Crippen LogP) is 4.01. The van der Waals surface area contributed by atoms with Crippen molar-refractivity contribution in [2.45, 2.75) is 0 Å². The molecule has 0 atom stereocenters. The summed E-state index contributed by atoms with van der Waals surface area (Å²) in [4.78, 5) is 28.7. The Bertz CT molecular complexity index is 1130. The molecule has 0 saturated heterocycles. The number of anilines is 2. The van der Waals surface area contributed by atoms with Crippen LogP contribution in [0.15, 0.2) is 72.8 Å². The lowest BCUT2D eigenvalue weighted by Gasteiger charge is -2.12. The lowest BCUT2D eigenvalue weighted by molar-refractivity contribution is -0.353. The number of nitrogens with zero attached hydrogens (tertiary/aromatic N) is 4. The maximum atomic E-state index is 12.5. The van der Waals surface area contributed by atoms with E-state index in [9.17, 15) is 20.0 Å². The molecule has 0 radical (unpaired) electrons. The highest BCUT2D eigenvalue weighted by molar-refractivity contribution is 6.35. The van der Waals surface area contributed by atoms with Gasteiger partial charge in [-0.3, -0.25) is 9.59 Å². The molecule has 8 nitrogen and oxygen atoms in total. The van der Waals surface area contributed by atoms with E-state index in [-0.39, 0.29) is 11.1 Å². The van der Waals surface area contributed by atoms with Crippen molar-refractivity contribution in [3.05, 3.63) is 94.3 Å². The van der Waals surface area contributed by atoms with Gasteiger partial charge in [-0.1, -0.05) is 24.3 Å². The first-order valence-electron chi connectivity index (χ1n) is 10.5. The zero-order chi connectivity index (χ0) is 24.8. The van der Waals surface area contributed by atoms with Crippen molar-refractivity contribution in [2.24, 2.45) is 0 Å². The molecule has 0 aromatic heterocycles. The second kappa shape index (κ2) is 10.4. The van der Waals surface area contributed by atoms with Crippen molar-refractivity contribution in [3.8, 4) is 0 Å². The van der Waals surface area contributed by atoms with Gasteiger partial charge in [0.2, 0.25) is 35.4 Å². The fourth-order valence-corrected chi connectivity index (χ4v) is 3.11. The van der Waals surface area contributed by atoms with Gasteiger partial charge in [-0.15, -0.1) is 0 Å². The second-order valence-electron chi connectivity index (χ2n) is 8.04. The van der Waals surface area contributed by atoms with Crippen molar-refractivity contribution < 1.29 is 19.1 Å². The first-order valence-corrected chi connectivity index (χ1v) is 10.5. The van der Waals surface area contributed by atoms with E-state index in [1.54, 1.807) is 48.5 Å². The van der Waals surface area contributed by atoms with Gasteiger partial charge in [0.05, 0.1) is 0 Å². The van der Waals surface area contributed by atoms with Gasteiger partial charge in [0.25, 0.3) is 0 Å². The fourth-order valence-electron chi connectivity index (χ4n) is 3.11. The summed E-state index contributed by atoms with van der Waals surface area (Å²) in [6.45, 7) is 0. The van der Waals surface area contributed by atoms with Gasteiger partial charge in [-0.05, 0) is 24.3 Å². The Morgan fingerprint density at radius 1 is 0.588 bits per heavy atom. The maximum Gasteiger partial charge on any atom is 0.250 e. The topological polar surface area (TPSA) is 92.8 Å². The van der Waals surface area contributed by atoms with Crippen LogP contribution >= 0.6 is 0 Å². The van der Waals surface area contributed by atoms with Crippen molar-refractivity contribution in [1.29, 1.82) is 0 Å². The van der Waals surface area contributed by atoms with E-state index in [0.29, 0.717) is 20.9 Å². The Hall–Kier alpha value is -4.46. The largest absolute Gasteiger partial charge is 0.618 e. The Labute approximate surface area is 198 Å². The highest BCUT2D eigenvalue weighted by Crippen LogP contribution is 2.18. The average molecular weight is 459 g/mol. The Kier molecular flexibility index (Phi) is 7.43. The molecule has 0 bridgehead atoms. The van der Waals surface area contributed by atoms with E-state index >= 15 is 0 Å². The summed E-state index contributed by atoms with van der Waals surface area (Å²) in [6.07, 6.45) is 1.90. The van der Waals surface area contributed by atoms with Crippen LogP contribution in [0.25, 0.3) is 0 Å². The van der Waals surface area contributed by atoms with Crippen LogP contribution in [0.4, 0.5) is 22.7 Å². The van der Waals surface area contributed by atoms with E-state index in [1.807, 2.05) is 38.0 Å². The van der Waals surface area contributed by atoms with E-state index in [2.05, 4.69) is 0 Å². The first-order chi connectivity index (χ1) is 16.2. The zero-order valence-electron chi connectivity index (χ0n) is 19.5. The molecule has 0 spiro atoms. The Morgan fingerprint density at radius 3 is 1.15 bits per heavy atom. The van der Waals surface area contributed by atoms with Gasteiger partial charge in [-0.25, -0.2) is 0 Å². The van der Waals surface area contributed by atoms with E-state index in [1.165, 1.54) is 24.3 Å². The molecule has 3 aromatic rings. The molecule has 0 saturated carbocycles. The molecule has 3 aromatic carbocycles. The van der Waals surface area contributed by atoms with Gasteiger partial charge in [0.1, 0.15) is 0 Å². The number of ketones is 2. The van der Waals surface area contributed by atoms with Crippen molar-refractivity contribution in [2.75, 3.05) is 38.0 Å². The summed E-state index contributed by atoms with van der Waals surface area (Å²) >= 11 is 0. The zero-order valence-corrected chi connectivity index (χ0v) is 19.5. The molecule has 0 fully saturated rings. The monoisotopic (exact) mass is 458 g/mol. The third-order valence-corrected chi connectivity index (χ3v) is 5.16. The second-order valence-corrected chi connectivity index (χ2v) is 8.04. The normalized spacial score (nSPS) is 11.8. The molecular weight excluding hydrogens is 432 g/mol. The third kappa shape index (κ3) is 5.86. The van der Waals surface area contributed by atoms with Crippen LogP contribution in [-0.2, 0) is 0 Å². The van der Waals surface area contributed by atoms with E-state index < -0.39 is 11.6 Å². The molecule has 0 unspecified atom stereocenters. The van der Waals surface area contributed by atoms with Crippen molar-refractivity contribution in [3.63, 3.8) is 0 Å². The highest BCUT2D eigenvalue weighted by atomic mass is 16.5. The van der Waals surface area contributed by atoms with Crippen LogP contribution in [0.3, 0.4) is 0 Å². The van der Waals surface area contributed by atoms with Gasteiger partial charge in [-0.2, -0.15) is 9.48 Å². The SMILES string of the molecule is CN(C)c1ccc(/[N+]([O-])=C/C(=O)c2ccc(C(=O)/C=[N+](\[O-])c3ccc(N(C)C)cc3)cc2)cc1. The molecule has 0 amide bonds. The predicted molar refractivity (Wildman–Crippen MR) is 135 cm³/mol. The summed E-state index contributed by atoms with van der Waals surface area (Å²) in [7, 11) is 7.57.